The summed E-state index contributed by atoms with van der Waals surface area (Å²) in [6, 6.07) is 16.7. The maximum atomic E-state index is 12.3. The molecule has 0 aliphatic carbocycles. The Morgan fingerprint density at radius 2 is 1.57 bits per heavy atom. The van der Waals surface area contributed by atoms with Crippen LogP contribution in [0, 0.1) is 10.1 Å². The number of benzene rings is 2. The van der Waals surface area contributed by atoms with Gasteiger partial charge < -0.3 is 4.52 Å². The SMILES string of the molecule is O=[N+]([O-])OP(=O)(OCc1ccccc1)Oc1ccccc1. The Balaban J connectivity index is 2.09. The molecule has 2 aromatic carbocycles. The van der Waals surface area contributed by atoms with Gasteiger partial charge in [-0.3, -0.25) is 4.52 Å². The molecule has 0 saturated carbocycles. The van der Waals surface area contributed by atoms with Gasteiger partial charge in [-0.05, 0) is 17.7 Å². The molecule has 2 aromatic rings. The van der Waals surface area contributed by atoms with E-state index in [-0.39, 0.29) is 12.4 Å². The Labute approximate surface area is 120 Å². The van der Waals surface area contributed by atoms with Crippen LogP contribution in [0.25, 0.3) is 0 Å². The second kappa shape index (κ2) is 6.88. The van der Waals surface area contributed by atoms with Gasteiger partial charge in [0.15, 0.2) is 0 Å². The zero-order valence-corrected chi connectivity index (χ0v) is 11.7. The molecule has 0 N–H and O–H groups in total. The van der Waals surface area contributed by atoms with Crippen molar-refractivity contribution in [3.8, 4) is 5.75 Å². The highest BCUT2D eigenvalue weighted by molar-refractivity contribution is 7.48. The Morgan fingerprint density at radius 1 is 1.00 bits per heavy atom. The summed E-state index contributed by atoms with van der Waals surface area (Å²) in [7, 11) is -4.36. The highest BCUT2D eigenvalue weighted by Gasteiger charge is 2.32. The van der Waals surface area contributed by atoms with E-state index in [4.69, 9.17) is 9.05 Å². The minimum absolute atomic E-state index is 0.140. The number of hydrogen-bond donors (Lipinski definition) is 0. The van der Waals surface area contributed by atoms with Gasteiger partial charge in [0.1, 0.15) is 5.75 Å². The van der Waals surface area contributed by atoms with Crippen molar-refractivity contribution in [1.82, 2.24) is 0 Å². The Morgan fingerprint density at radius 3 is 2.14 bits per heavy atom. The van der Waals surface area contributed by atoms with Gasteiger partial charge in [0, 0.05) is 0 Å². The fraction of sp³-hybridized carbons (Fsp3) is 0.0769. The van der Waals surface area contributed by atoms with Crippen molar-refractivity contribution in [3.05, 3.63) is 76.3 Å². The maximum absolute atomic E-state index is 12.3. The Bertz CT molecular complexity index is 634. The van der Waals surface area contributed by atoms with Gasteiger partial charge in [-0.25, -0.2) is 4.57 Å². The predicted molar refractivity (Wildman–Crippen MR) is 74.0 cm³/mol. The standard InChI is InChI=1S/C13H12NO6P/c15-14(16)20-21(17,19-13-9-5-2-6-10-13)18-11-12-7-3-1-4-8-12/h1-10H,11H2. The van der Waals surface area contributed by atoms with E-state index in [0.29, 0.717) is 5.56 Å². The fourth-order valence-electron chi connectivity index (χ4n) is 1.49. The smallest absolute Gasteiger partial charge is 0.406 e. The van der Waals surface area contributed by atoms with Crippen LogP contribution in [0.3, 0.4) is 0 Å². The summed E-state index contributed by atoms with van der Waals surface area (Å²) in [5, 5.41) is 9.27. The number of rotatable bonds is 7. The van der Waals surface area contributed by atoms with E-state index in [9.17, 15) is 14.7 Å². The highest BCUT2D eigenvalue weighted by atomic mass is 31.2. The summed E-state index contributed by atoms with van der Waals surface area (Å²) in [5.41, 5.74) is 0.682. The van der Waals surface area contributed by atoms with Gasteiger partial charge in [-0.2, -0.15) is 4.62 Å². The van der Waals surface area contributed by atoms with Crippen LogP contribution in [0.2, 0.25) is 0 Å². The lowest BCUT2D eigenvalue weighted by atomic mass is 10.2. The second-order valence-corrected chi connectivity index (χ2v) is 5.41. The number of phosphoric acid groups is 1. The van der Waals surface area contributed by atoms with Gasteiger partial charge >= 0.3 is 12.9 Å². The van der Waals surface area contributed by atoms with Crippen molar-refractivity contribution < 1.29 is 23.3 Å². The van der Waals surface area contributed by atoms with Crippen LogP contribution in [0.15, 0.2) is 60.7 Å². The number of phosphoric ester groups is 1. The van der Waals surface area contributed by atoms with Crippen molar-refractivity contribution in [1.29, 1.82) is 0 Å². The topological polar surface area (TPSA) is 87.9 Å². The molecule has 21 heavy (non-hydrogen) atoms. The number of nitrogens with zero attached hydrogens (tertiary/aromatic N) is 1. The average molecular weight is 309 g/mol. The molecule has 7 nitrogen and oxygen atoms in total. The molecule has 0 fully saturated rings. The molecule has 0 bridgehead atoms. The maximum Gasteiger partial charge on any atom is 0.560 e. The van der Waals surface area contributed by atoms with Gasteiger partial charge in [0.2, 0.25) is 0 Å². The molecule has 0 amide bonds. The first-order chi connectivity index (χ1) is 10.1. The molecule has 8 heteroatoms. The third-order valence-electron chi connectivity index (χ3n) is 2.36. The van der Waals surface area contributed by atoms with Gasteiger partial charge in [-0.1, -0.05) is 48.5 Å². The van der Waals surface area contributed by atoms with Gasteiger partial charge in [0.05, 0.1) is 6.61 Å². The fourth-order valence-corrected chi connectivity index (χ4v) is 2.47. The highest BCUT2D eigenvalue weighted by Crippen LogP contribution is 2.50. The summed E-state index contributed by atoms with van der Waals surface area (Å²) >= 11 is 0. The average Bonchev–Trinajstić information content (AvgIpc) is 2.46. The Kier molecular flexibility index (Phi) is 4.92. The van der Waals surface area contributed by atoms with Crippen LogP contribution in [-0.4, -0.2) is 5.09 Å². The lowest BCUT2D eigenvalue weighted by molar-refractivity contribution is -0.717. The first-order valence-corrected chi connectivity index (χ1v) is 7.41. The summed E-state index contributed by atoms with van der Waals surface area (Å²) in [5.74, 6) is 0.149. The van der Waals surface area contributed by atoms with E-state index < -0.39 is 12.9 Å². The lowest BCUT2D eigenvalue weighted by Crippen LogP contribution is -2.07. The molecular weight excluding hydrogens is 297 g/mol. The normalized spacial score (nSPS) is 13.1. The summed E-state index contributed by atoms with van der Waals surface area (Å²) in [4.78, 5) is 10.5. The second-order valence-electron chi connectivity index (χ2n) is 3.92. The van der Waals surface area contributed by atoms with Crippen LogP contribution < -0.4 is 4.52 Å². The van der Waals surface area contributed by atoms with E-state index in [1.54, 1.807) is 48.5 Å². The zero-order valence-electron chi connectivity index (χ0n) is 10.8. The molecule has 0 aliphatic rings. The van der Waals surface area contributed by atoms with Crippen molar-refractivity contribution in [2.75, 3.05) is 0 Å². The van der Waals surface area contributed by atoms with Crippen LogP contribution in [0.4, 0.5) is 0 Å². The molecule has 1 unspecified atom stereocenters. The minimum atomic E-state index is -4.36. The van der Waals surface area contributed by atoms with Crippen molar-refractivity contribution in [2.45, 2.75) is 6.61 Å². The Hall–Kier alpha value is -2.37. The van der Waals surface area contributed by atoms with E-state index in [1.807, 2.05) is 0 Å². The van der Waals surface area contributed by atoms with Crippen LogP contribution in [0.5, 0.6) is 5.75 Å². The molecule has 110 valence electrons. The molecule has 0 aliphatic heterocycles. The van der Waals surface area contributed by atoms with Crippen LogP contribution in [-0.2, 0) is 20.3 Å². The first-order valence-electron chi connectivity index (χ1n) is 5.95. The molecule has 0 saturated heterocycles. The first kappa shape index (κ1) is 15.0. The van der Waals surface area contributed by atoms with E-state index in [0.717, 1.165) is 0 Å². The summed E-state index contributed by atoms with van der Waals surface area (Å²) in [6.07, 6.45) is 0. The molecule has 0 heterocycles. The molecule has 1 atom stereocenters. The van der Waals surface area contributed by atoms with Gasteiger partial charge in [-0.15, -0.1) is 10.1 Å². The molecular formula is C13H12NO6P. The van der Waals surface area contributed by atoms with Crippen LogP contribution >= 0.6 is 7.82 Å². The molecule has 2 rings (SSSR count). The van der Waals surface area contributed by atoms with Crippen LogP contribution in [0.1, 0.15) is 5.56 Å². The quantitative estimate of drug-likeness (QED) is 0.441. The number of para-hydroxylation sites is 1. The molecule has 0 aromatic heterocycles. The lowest BCUT2D eigenvalue weighted by Gasteiger charge is -2.16. The largest absolute Gasteiger partial charge is 0.560 e. The van der Waals surface area contributed by atoms with Crippen molar-refractivity contribution >= 4 is 7.82 Å². The monoisotopic (exact) mass is 309 g/mol. The zero-order chi connectivity index (χ0) is 15.1. The summed E-state index contributed by atoms with van der Waals surface area (Å²) < 4.78 is 26.4. The predicted octanol–water partition coefficient (Wildman–Crippen LogP) is 3.60. The summed E-state index contributed by atoms with van der Waals surface area (Å²) in [6.45, 7) is -0.140. The third kappa shape index (κ3) is 4.91. The molecule has 0 radical (unpaired) electrons. The third-order valence-corrected chi connectivity index (χ3v) is 3.57. The van der Waals surface area contributed by atoms with Crippen molar-refractivity contribution in [3.63, 3.8) is 0 Å². The van der Waals surface area contributed by atoms with Gasteiger partial charge in [0.25, 0.3) is 0 Å². The number of hydrogen-bond acceptors (Lipinski definition) is 6. The van der Waals surface area contributed by atoms with E-state index in [1.165, 1.54) is 12.1 Å². The minimum Gasteiger partial charge on any atom is -0.406 e. The van der Waals surface area contributed by atoms with E-state index >= 15 is 0 Å². The molecule has 0 spiro atoms. The van der Waals surface area contributed by atoms with E-state index in [2.05, 4.69) is 4.62 Å². The van der Waals surface area contributed by atoms with Crippen molar-refractivity contribution in [2.24, 2.45) is 0 Å².